The molecule has 3 aliphatic carbocycles. The Bertz CT molecular complexity index is 452. The van der Waals surface area contributed by atoms with Crippen molar-refractivity contribution in [2.45, 2.75) is 77.4 Å². The van der Waals surface area contributed by atoms with Crippen molar-refractivity contribution in [2.24, 2.45) is 10.8 Å². The van der Waals surface area contributed by atoms with Gasteiger partial charge < -0.3 is 4.74 Å². The lowest BCUT2D eigenvalue weighted by molar-refractivity contribution is -0.205. The van der Waals surface area contributed by atoms with E-state index >= 15 is 0 Å². The number of carbonyl (C=O) groups excluding carboxylic acids is 1. The topological polar surface area (TPSA) is 26.3 Å². The van der Waals surface area contributed by atoms with E-state index < -0.39 is 8.07 Å². The van der Waals surface area contributed by atoms with E-state index in [9.17, 15) is 4.79 Å². The van der Waals surface area contributed by atoms with Gasteiger partial charge in [-0.3, -0.25) is 4.79 Å². The molecule has 0 heterocycles. The smallest absolute Gasteiger partial charge is 0.311 e. The van der Waals surface area contributed by atoms with Crippen LogP contribution in [0.3, 0.4) is 0 Å². The van der Waals surface area contributed by atoms with Gasteiger partial charge in [-0.1, -0.05) is 41.5 Å². The monoisotopic (exact) mass is 306 g/mol. The minimum absolute atomic E-state index is 0.0220. The lowest BCUT2D eigenvalue weighted by Gasteiger charge is -2.66. The van der Waals surface area contributed by atoms with Crippen molar-refractivity contribution in [3.05, 3.63) is 0 Å². The van der Waals surface area contributed by atoms with Gasteiger partial charge in [-0.05, 0) is 35.9 Å². The Balaban J connectivity index is 2.18. The Labute approximate surface area is 131 Å². The molecule has 3 fully saturated rings. The van der Waals surface area contributed by atoms with Crippen molar-refractivity contribution in [2.75, 3.05) is 7.11 Å². The first kappa shape index (κ1) is 16.6. The molecule has 0 unspecified atom stereocenters. The van der Waals surface area contributed by atoms with E-state index in [2.05, 4.69) is 53.0 Å². The van der Waals surface area contributed by atoms with Crippen molar-refractivity contribution >= 4 is 14.0 Å². The molecular weight excluding hydrogens is 276 g/mol. The average molecular weight is 307 g/mol. The summed E-state index contributed by atoms with van der Waals surface area (Å²) in [6, 6.07) is 0. The lowest BCUT2D eigenvalue weighted by Crippen LogP contribution is -2.65. The van der Waals surface area contributed by atoms with Crippen LogP contribution in [0.2, 0.25) is 16.6 Å². The molecule has 0 amide bonds. The maximum absolute atomic E-state index is 11.8. The van der Waals surface area contributed by atoms with Gasteiger partial charge in [0.2, 0.25) is 0 Å². The highest BCUT2D eigenvalue weighted by atomic mass is 28.3. The maximum atomic E-state index is 11.8. The van der Waals surface area contributed by atoms with Gasteiger partial charge in [-0.15, -0.1) is 11.5 Å². The Morgan fingerprint density at radius 1 is 1.00 bits per heavy atom. The summed E-state index contributed by atoms with van der Waals surface area (Å²) in [5, 5.41) is 0. The number of methoxy groups -OCH3 is 1. The third-order valence-electron chi connectivity index (χ3n) is 6.06. The van der Waals surface area contributed by atoms with Gasteiger partial charge in [0, 0.05) is 5.41 Å². The van der Waals surface area contributed by atoms with Crippen molar-refractivity contribution in [3.63, 3.8) is 0 Å². The Hall–Kier alpha value is -0.753. The van der Waals surface area contributed by atoms with Crippen LogP contribution in [-0.4, -0.2) is 21.2 Å². The largest absolute Gasteiger partial charge is 0.469 e. The summed E-state index contributed by atoms with van der Waals surface area (Å²) in [5.74, 6) is 3.63. The Kier molecular flexibility index (Phi) is 4.08. The highest BCUT2D eigenvalue weighted by molar-refractivity contribution is 6.90. The lowest BCUT2D eigenvalue weighted by atomic mass is 9.35. The molecule has 118 valence electrons. The van der Waals surface area contributed by atoms with Crippen LogP contribution in [0.1, 0.15) is 60.8 Å². The Morgan fingerprint density at radius 3 is 1.76 bits per heavy atom. The number of carbonyl (C=O) groups is 1. The highest BCUT2D eigenvalue weighted by Crippen LogP contribution is 2.73. The zero-order valence-electron chi connectivity index (χ0n) is 14.7. The summed E-state index contributed by atoms with van der Waals surface area (Å²) in [5.41, 5.74) is 5.82. The van der Waals surface area contributed by atoms with Crippen molar-refractivity contribution in [3.8, 4) is 11.5 Å². The van der Waals surface area contributed by atoms with Crippen LogP contribution in [0.5, 0.6) is 0 Å². The molecule has 0 aromatic rings. The summed E-state index contributed by atoms with van der Waals surface area (Å²) < 4.78 is 4.92. The average Bonchev–Trinajstić information content (AvgIpc) is 2.28. The van der Waals surface area contributed by atoms with E-state index in [4.69, 9.17) is 4.74 Å². The number of hydrogen-bond donors (Lipinski definition) is 0. The van der Waals surface area contributed by atoms with Crippen LogP contribution in [0, 0.1) is 22.3 Å². The minimum atomic E-state index is -1.63. The third kappa shape index (κ3) is 2.27. The molecule has 0 radical (unpaired) electrons. The summed E-state index contributed by atoms with van der Waals surface area (Å²) in [6.45, 7) is 14.1. The van der Waals surface area contributed by atoms with E-state index in [0.717, 1.165) is 19.3 Å². The Morgan fingerprint density at radius 2 is 1.43 bits per heavy atom. The van der Waals surface area contributed by atoms with E-state index in [1.807, 2.05) is 0 Å². The second-order valence-electron chi connectivity index (χ2n) is 8.23. The van der Waals surface area contributed by atoms with Gasteiger partial charge in [0.25, 0.3) is 0 Å². The quantitative estimate of drug-likeness (QED) is 0.432. The summed E-state index contributed by atoms with van der Waals surface area (Å²) >= 11 is 0. The van der Waals surface area contributed by atoms with Crippen molar-refractivity contribution < 1.29 is 9.53 Å². The third-order valence-corrected chi connectivity index (χ3v) is 12.3. The fourth-order valence-electron chi connectivity index (χ4n) is 5.03. The molecule has 2 bridgehead atoms. The van der Waals surface area contributed by atoms with E-state index in [1.54, 1.807) is 0 Å². The van der Waals surface area contributed by atoms with Gasteiger partial charge in [0.05, 0.1) is 12.5 Å². The first-order valence-electron chi connectivity index (χ1n) is 8.27. The fraction of sp³-hybridized carbons (Fsp3) is 0.833. The first-order valence-corrected chi connectivity index (χ1v) is 10.5. The molecule has 0 aromatic heterocycles. The van der Waals surface area contributed by atoms with Crippen molar-refractivity contribution in [1.29, 1.82) is 0 Å². The van der Waals surface area contributed by atoms with Gasteiger partial charge >= 0.3 is 5.97 Å². The predicted molar refractivity (Wildman–Crippen MR) is 89.6 cm³/mol. The van der Waals surface area contributed by atoms with Crippen LogP contribution in [0.25, 0.3) is 0 Å². The molecule has 0 spiro atoms. The summed E-state index contributed by atoms with van der Waals surface area (Å²) in [7, 11) is -0.137. The fourth-order valence-corrected chi connectivity index (χ4v) is 10.4. The molecule has 0 aromatic carbocycles. The maximum Gasteiger partial charge on any atom is 0.311 e. The summed E-state index contributed by atoms with van der Waals surface area (Å²) in [4.78, 5) is 11.8. The second-order valence-corrected chi connectivity index (χ2v) is 13.8. The first-order chi connectivity index (χ1) is 9.64. The standard InChI is InChI=1S/C18H30O2Si/c1-13(2)21(14(3)4,15(5)6)9-8-17-10-18(11-17,12-17)16(19)20-7/h13-15H,10-12H2,1-7H3. The minimum Gasteiger partial charge on any atom is -0.469 e. The molecule has 21 heavy (non-hydrogen) atoms. The summed E-state index contributed by atoms with van der Waals surface area (Å²) in [6.07, 6.45) is 2.79. The number of esters is 1. The predicted octanol–water partition coefficient (Wildman–Crippen LogP) is 4.55. The van der Waals surface area contributed by atoms with Gasteiger partial charge in [0.1, 0.15) is 8.07 Å². The normalized spacial score (nSPS) is 30.6. The zero-order chi connectivity index (χ0) is 16.1. The van der Waals surface area contributed by atoms with E-state index in [0.29, 0.717) is 16.6 Å². The van der Waals surface area contributed by atoms with E-state index in [-0.39, 0.29) is 16.8 Å². The molecule has 2 nitrogen and oxygen atoms in total. The molecule has 0 atom stereocenters. The van der Waals surface area contributed by atoms with Crippen LogP contribution in [0.15, 0.2) is 0 Å². The SMILES string of the molecule is COC(=O)C12CC(C#C[Si](C(C)C)(C(C)C)C(C)C)(C1)C2. The van der Waals surface area contributed by atoms with Crippen LogP contribution in [0.4, 0.5) is 0 Å². The molecule has 0 N–H and O–H groups in total. The molecule has 3 saturated carbocycles. The zero-order valence-corrected chi connectivity index (χ0v) is 15.7. The molecule has 3 aliphatic rings. The number of rotatable bonds is 4. The van der Waals surface area contributed by atoms with Crippen LogP contribution in [-0.2, 0) is 9.53 Å². The molecule has 3 rings (SSSR count). The molecular formula is C18H30O2Si. The van der Waals surface area contributed by atoms with E-state index in [1.165, 1.54) is 7.11 Å². The molecule has 0 aliphatic heterocycles. The van der Waals surface area contributed by atoms with Gasteiger partial charge in [-0.25, -0.2) is 0 Å². The van der Waals surface area contributed by atoms with Crippen LogP contribution >= 0.6 is 0 Å². The van der Waals surface area contributed by atoms with Gasteiger partial charge in [0.15, 0.2) is 0 Å². The van der Waals surface area contributed by atoms with Gasteiger partial charge in [-0.2, -0.15) is 0 Å². The van der Waals surface area contributed by atoms with Crippen LogP contribution < -0.4 is 0 Å². The highest BCUT2D eigenvalue weighted by Gasteiger charge is 2.72. The molecule has 0 saturated heterocycles. The van der Waals surface area contributed by atoms with Crippen molar-refractivity contribution in [1.82, 2.24) is 0 Å². The second kappa shape index (κ2) is 5.16. The number of ether oxygens (including phenoxy) is 1. The molecule has 3 heteroatoms. The number of hydrogen-bond acceptors (Lipinski definition) is 2.